The zero-order valence-electron chi connectivity index (χ0n) is 8.88. The Bertz CT molecular complexity index is 500. The molecule has 1 aliphatic carbocycles. The second-order valence-corrected chi connectivity index (χ2v) is 5.17. The molecule has 0 aromatic heterocycles. The lowest BCUT2D eigenvalue weighted by atomic mass is 9.93. The first-order valence-electron chi connectivity index (χ1n) is 4.66. The molecule has 19 heavy (non-hydrogen) atoms. The van der Waals surface area contributed by atoms with E-state index in [4.69, 9.17) is 0 Å². The number of ketones is 1. The molecule has 0 bridgehead atoms. The van der Waals surface area contributed by atoms with E-state index in [0.29, 0.717) is 0 Å². The fourth-order valence-corrected chi connectivity index (χ4v) is 1.85. The first kappa shape index (κ1) is 15.8. The summed E-state index contributed by atoms with van der Waals surface area (Å²) >= 11 is 0. The summed E-state index contributed by atoms with van der Waals surface area (Å²) in [5.74, 6) is -5.05. The Labute approximate surface area is 103 Å². The lowest BCUT2D eigenvalue weighted by molar-refractivity contribution is -0.174. The SMILES string of the molecule is O=C1C=C(OS(=O)(=O)C(F)(F)F)C(C(F)(F)F)CC1. The molecule has 0 aromatic rings. The van der Waals surface area contributed by atoms with Crippen molar-refractivity contribution in [2.45, 2.75) is 24.5 Å². The highest BCUT2D eigenvalue weighted by molar-refractivity contribution is 7.87. The smallest absolute Gasteiger partial charge is 0.380 e. The molecule has 4 nitrogen and oxygen atoms in total. The summed E-state index contributed by atoms with van der Waals surface area (Å²) < 4.78 is 98.1. The van der Waals surface area contributed by atoms with E-state index in [1.807, 2.05) is 0 Å². The van der Waals surface area contributed by atoms with Crippen molar-refractivity contribution in [3.63, 3.8) is 0 Å². The van der Waals surface area contributed by atoms with Gasteiger partial charge in [0.1, 0.15) is 11.7 Å². The molecule has 0 aliphatic heterocycles. The second kappa shape index (κ2) is 4.69. The minimum atomic E-state index is -6.23. The van der Waals surface area contributed by atoms with Gasteiger partial charge < -0.3 is 4.18 Å². The molecule has 11 heteroatoms. The number of carbonyl (C=O) groups excluding carboxylic acids is 1. The van der Waals surface area contributed by atoms with Gasteiger partial charge in [-0.05, 0) is 6.42 Å². The van der Waals surface area contributed by atoms with Crippen molar-refractivity contribution in [3.8, 4) is 0 Å². The number of alkyl halides is 6. The molecule has 0 N–H and O–H groups in total. The molecule has 0 aromatic carbocycles. The monoisotopic (exact) mass is 312 g/mol. The molecule has 0 spiro atoms. The lowest BCUT2D eigenvalue weighted by Crippen LogP contribution is -2.33. The van der Waals surface area contributed by atoms with E-state index in [-0.39, 0.29) is 6.08 Å². The van der Waals surface area contributed by atoms with Gasteiger partial charge in [0.05, 0.1) is 0 Å². The Morgan fingerprint density at radius 2 is 1.68 bits per heavy atom. The molecule has 110 valence electrons. The molecule has 0 saturated carbocycles. The van der Waals surface area contributed by atoms with Crippen molar-refractivity contribution >= 4 is 15.9 Å². The van der Waals surface area contributed by atoms with Crippen LogP contribution in [0.5, 0.6) is 0 Å². The zero-order chi connectivity index (χ0) is 15.1. The molecule has 0 radical (unpaired) electrons. The highest BCUT2D eigenvalue weighted by atomic mass is 32.2. The highest BCUT2D eigenvalue weighted by Crippen LogP contribution is 2.40. The van der Waals surface area contributed by atoms with Crippen molar-refractivity contribution in [1.82, 2.24) is 0 Å². The first-order valence-corrected chi connectivity index (χ1v) is 6.07. The van der Waals surface area contributed by atoms with Gasteiger partial charge in [0.15, 0.2) is 5.78 Å². The quantitative estimate of drug-likeness (QED) is 0.446. The summed E-state index contributed by atoms with van der Waals surface area (Å²) in [5.41, 5.74) is -5.87. The van der Waals surface area contributed by atoms with Crippen LogP contribution in [0, 0.1) is 5.92 Å². The van der Waals surface area contributed by atoms with Crippen molar-refractivity contribution < 1.29 is 43.7 Å². The summed E-state index contributed by atoms with van der Waals surface area (Å²) in [6, 6.07) is 0. The van der Waals surface area contributed by atoms with E-state index in [0.717, 1.165) is 0 Å². The molecular formula is C8H6F6O4S. The fraction of sp³-hybridized carbons (Fsp3) is 0.625. The molecule has 0 heterocycles. The van der Waals surface area contributed by atoms with Crippen LogP contribution in [-0.2, 0) is 19.1 Å². The van der Waals surface area contributed by atoms with Crippen LogP contribution in [0.15, 0.2) is 11.8 Å². The Morgan fingerprint density at radius 3 is 2.11 bits per heavy atom. The van der Waals surface area contributed by atoms with Crippen LogP contribution in [0.4, 0.5) is 26.3 Å². The van der Waals surface area contributed by atoms with Crippen molar-refractivity contribution in [2.75, 3.05) is 0 Å². The third-order valence-corrected chi connectivity index (χ3v) is 3.19. The first-order chi connectivity index (χ1) is 8.34. The lowest BCUT2D eigenvalue weighted by Gasteiger charge is -2.25. The van der Waals surface area contributed by atoms with Crippen LogP contribution in [0.3, 0.4) is 0 Å². The number of hydrogen-bond acceptors (Lipinski definition) is 4. The van der Waals surface area contributed by atoms with E-state index in [1.165, 1.54) is 0 Å². The molecule has 1 rings (SSSR count). The molecule has 0 amide bonds. The van der Waals surface area contributed by atoms with Gasteiger partial charge in [-0.3, -0.25) is 4.79 Å². The van der Waals surface area contributed by atoms with Crippen LogP contribution in [-0.4, -0.2) is 25.9 Å². The van der Waals surface area contributed by atoms with Crippen molar-refractivity contribution in [3.05, 3.63) is 11.8 Å². The maximum Gasteiger partial charge on any atom is 0.534 e. The van der Waals surface area contributed by atoms with Crippen molar-refractivity contribution in [1.29, 1.82) is 0 Å². The van der Waals surface area contributed by atoms with Gasteiger partial charge in [-0.1, -0.05) is 0 Å². The molecule has 1 atom stereocenters. The molecule has 0 saturated heterocycles. The Balaban J connectivity index is 3.12. The highest BCUT2D eigenvalue weighted by Gasteiger charge is 2.52. The van der Waals surface area contributed by atoms with E-state index >= 15 is 0 Å². The van der Waals surface area contributed by atoms with Gasteiger partial charge in [0.2, 0.25) is 0 Å². The van der Waals surface area contributed by atoms with Crippen LogP contribution >= 0.6 is 0 Å². The summed E-state index contributed by atoms with van der Waals surface area (Å²) in [7, 11) is -6.23. The third kappa shape index (κ3) is 3.61. The number of rotatable bonds is 2. The molecular weight excluding hydrogens is 306 g/mol. The number of hydrogen-bond donors (Lipinski definition) is 0. The van der Waals surface area contributed by atoms with E-state index in [1.54, 1.807) is 0 Å². The largest absolute Gasteiger partial charge is 0.534 e. The Hall–Kier alpha value is -1.26. The number of allylic oxidation sites excluding steroid dienone is 2. The molecule has 1 unspecified atom stereocenters. The Morgan fingerprint density at radius 1 is 1.16 bits per heavy atom. The van der Waals surface area contributed by atoms with Crippen LogP contribution in [0.2, 0.25) is 0 Å². The molecule has 1 aliphatic rings. The summed E-state index contributed by atoms with van der Waals surface area (Å²) in [6.07, 6.45) is -6.29. The maximum absolute atomic E-state index is 12.5. The minimum Gasteiger partial charge on any atom is -0.380 e. The average molecular weight is 312 g/mol. The van der Waals surface area contributed by atoms with Gasteiger partial charge in [0, 0.05) is 12.5 Å². The van der Waals surface area contributed by atoms with Crippen LogP contribution < -0.4 is 0 Å². The topological polar surface area (TPSA) is 60.4 Å². The predicted octanol–water partition coefficient (Wildman–Crippen LogP) is 2.28. The summed E-state index contributed by atoms with van der Waals surface area (Å²) in [6.45, 7) is 0. The van der Waals surface area contributed by atoms with E-state index in [9.17, 15) is 39.6 Å². The summed E-state index contributed by atoms with van der Waals surface area (Å²) in [5, 5.41) is 0. The van der Waals surface area contributed by atoms with Gasteiger partial charge in [-0.2, -0.15) is 34.8 Å². The predicted molar refractivity (Wildman–Crippen MR) is 47.9 cm³/mol. The summed E-state index contributed by atoms with van der Waals surface area (Å²) in [4.78, 5) is 10.9. The zero-order valence-corrected chi connectivity index (χ0v) is 9.69. The fourth-order valence-electron chi connectivity index (χ4n) is 1.34. The van der Waals surface area contributed by atoms with E-state index < -0.39 is 52.1 Å². The van der Waals surface area contributed by atoms with Crippen LogP contribution in [0.25, 0.3) is 0 Å². The van der Waals surface area contributed by atoms with Gasteiger partial charge in [-0.25, -0.2) is 0 Å². The average Bonchev–Trinajstić information content (AvgIpc) is 2.12. The number of carbonyl (C=O) groups is 1. The second-order valence-electron chi connectivity index (χ2n) is 3.63. The van der Waals surface area contributed by atoms with Crippen LogP contribution in [0.1, 0.15) is 12.8 Å². The third-order valence-electron chi connectivity index (χ3n) is 2.21. The van der Waals surface area contributed by atoms with Gasteiger partial charge in [0.25, 0.3) is 0 Å². The molecule has 0 fully saturated rings. The van der Waals surface area contributed by atoms with Gasteiger partial charge >= 0.3 is 21.8 Å². The minimum absolute atomic E-state index is 0.130. The van der Waals surface area contributed by atoms with E-state index in [2.05, 4.69) is 4.18 Å². The number of halogens is 6. The maximum atomic E-state index is 12.5. The standard InChI is InChI=1S/C8H6F6O4S/c9-7(10,11)5-2-1-4(15)3-6(5)18-19(16,17)8(12,13)14/h3,5H,1-2H2. The van der Waals surface area contributed by atoms with Crippen molar-refractivity contribution in [2.24, 2.45) is 5.92 Å². The van der Waals surface area contributed by atoms with Gasteiger partial charge in [-0.15, -0.1) is 0 Å². The normalized spacial score (nSPS) is 22.1. The Kier molecular flexibility index (Phi) is 3.90.